The Morgan fingerprint density at radius 2 is 1.88 bits per heavy atom. The number of nitrogens with one attached hydrogen (secondary N) is 1. The zero-order chi connectivity index (χ0) is 13.1. The molecule has 1 heterocycles. The van der Waals surface area contributed by atoms with Crippen LogP contribution in [0, 0.1) is 5.92 Å². The van der Waals surface area contributed by atoms with Gasteiger partial charge in [0.2, 0.25) is 5.96 Å². The van der Waals surface area contributed by atoms with E-state index in [1.54, 1.807) is 4.90 Å². The molecule has 0 saturated carbocycles. The number of rotatable bonds is 1. The lowest BCUT2D eigenvalue weighted by Crippen LogP contribution is -2.49. The molecule has 17 heavy (non-hydrogen) atoms. The maximum Gasteiger partial charge on any atom is 0.391 e. The van der Waals surface area contributed by atoms with Crippen molar-refractivity contribution in [3.05, 3.63) is 0 Å². The molecule has 0 amide bonds. The molecule has 0 aromatic heterocycles. The van der Waals surface area contributed by atoms with Crippen molar-refractivity contribution in [2.75, 3.05) is 13.1 Å². The minimum Gasteiger partial charge on any atom is -0.342 e. The quantitative estimate of drug-likeness (QED) is 0.322. The van der Waals surface area contributed by atoms with Crippen molar-refractivity contribution in [2.45, 2.75) is 38.9 Å². The first kappa shape index (κ1) is 14.1. The monoisotopic (exact) mass is 252 g/mol. The van der Waals surface area contributed by atoms with Crippen molar-refractivity contribution in [1.82, 2.24) is 10.3 Å². The molecule has 1 fully saturated rings. The van der Waals surface area contributed by atoms with Crippen molar-refractivity contribution in [2.24, 2.45) is 16.8 Å². The van der Waals surface area contributed by atoms with E-state index in [4.69, 9.17) is 5.84 Å². The van der Waals surface area contributed by atoms with Gasteiger partial charge >= 0.3 is 6.18 Å². The van der Waals surface area contributed by atoms with E-state index in [9.17, 15) is 13.2 Å². The maximum atomic E-state index is 12.5. The topological polar surface area (TPSA) is 53.6 Å². The Kier molecular flexibility index (Phi) is 4.62. The van der Waals surface area contributed by atoms with Crippen LogP contribution in [-0.2, 0) is 0 Å². The van der Waals surface area contributed by atoms with Crippen molar-refractivity contribution < 1.29 is 13.2 Å². The highest BCUT2D eigenvalue weighted by Crippen LogP contribution is 2.33. The summed E-state index contributed by atoms with van der Waals surface area (Å²) in [5.74, 6) is 4.60. The lowest BCUT2D eigenvalue weighted by molar-refractivity contribution is -0.183. The van der Waals surface area contributed by atoms with Gasteiger partial charge in [-0.2, -0.15) is 13.2 Å². The third-order valence-electron chi connectivity index (χ3n) is 2.77. The van der Waals surface area contributed by atoms with Gasteiger partial charge in [0.05, 0.1) is 5.92 Å². The van der Waals surface area contributed by atoms with Gasteiger partial charge in [0, 0.05) is 19.1 Å². The SMILES string of the molecule is CC(C)N=C(NN)N1CCC(C(F)(F)F)CC1. The molecule has 0 spiro atoms. The highest BCUT2D eigenvalue weighted by molar-refractivity contribution is 5.79. The molecule has 3 N–H and O–H groups in total. The smallest absolute Gasteiger partial charge is 0.342 e. The van der Waals surface area contributed by atoms with Crippen LogP contribution in [0.5, 0.6) is 0 Å². The van der Waals surface area contributed by atoms with Crippen LogP contribution in [0.4, 0.5) is 13.2 Å². The standard InChI is InChI=1S/C10H19F3N4/c1-7(2)15-9(16-14)17-5-3-8(4-6-17)10(11,12)13/h7-8H,3-6,14H2,1-2H3,(H,15,16). The summed E-state index contributed by atoms with van der Waals surface area (Å²) in [5, 5.41) is 0. The summed E-state index contributed by atoms with van der Waals surface area (Å²) in [7, 11) is 0. The number of likely N-dealkylation sites (tertiary alicyclic amines) is 1. The summed E-state index contributed by atoms with van der Waals surface area (Å²) < 4.78 is 37.4. The molecule has 1 rings (SSSR count). The fourth-order valence-electron chi connectivity index (χ4n) is 1.87. The van der Waals surface area contributed by atoms with E-state index >= 15 is 0 Å². The third kappa shape index (κ3) is 4.07. The largest absolute Gasteiger partial charge is 0.391 e. The van der Waals surface area contributed by atoms with Crippen molar-refractivity contribution >= 4 is 5.96 Å². The summed E-state index contributed by atoms with van der Waals surface area (Å²) in [5.41, 5.74) is 2.45. The first-order valence-corrected chi connectivity index (χ1v) is 5.70. The van der Waals surface area contributed by atoms with Gasteiger partial charge < -0.3 is 4.90 Å². The van der Waals surface area contributed by atoms with Gasteiger partial charge in [-0.1, -0.05) is 0 Å². The molecule has 0 bridgehead atoms. The number of hydrazine groups is 1. The van der Waals surface area contributed by atoms with Gasteiger partial charge in [-0.25, -0.2) is 10.8 Å². The number of hydrogen-bond acceptors (Lipinski definition) is 2. The molecule has 0 aromatic carbocycles. The Morgan fingerprint density at radius 3 is 2.24 bits per heavy atom. The van der Waals surface area contributed by atoms with Gasteiger partial charge in [0.1, 0.15) is 0 Å². The van der Waals surface area contributed by atoms with Crippen LogP contribution in [0.25, 0.3) is 0 Å². The minimum atomic E-state index is -4.09. The number of piperidine rings is 1. The average molecular weight is 252 g/mol. The first-order chi connectivity index (χ1) is 7.84. The lowest BCUT2D eigenvalue weighted by Gasteiger charge is -2.34. The Morgan fingerprint density at radius 1 is 1.35 bits per heavy atom. The molecule has 0 atom stereocenters. The summed E-state index contributed by atoms with van der Waals surface area (Å²) in [6.07, 6.45) is -3.89. The number of halogens is 3. The van der Waals surface area contributed by atoms with E-state index in [2.05, 4.69) is 10.4 Å². The van der Waals surface area contributed by atoms with E-state index in [-0.39, 0.29) is 18.9 Å². The number of guanidine groups is 1. The van der Waals surface area contributed by atoms with E-state index in [1.165, 1.54) is 0 Å². The molecule has 1 aliphatic rings. The summed E-state index contributed by atoms with van der Waals surface area (Å²) in [6.45, 7) is 4.44. The number of hydrogen-bond donors (Lipinski definition) is 2. The third-order valence-corrected chi connectivity index (χ3v) is 2.77. The van der Waals surface area contributed by atoms with Crippen LogP contribution >= 0.6 is 0 Å². The number of nitrogens with zero attached hydrogens (tertiary/aromatic N) is 2. The fourth-order valence-corrected chi connectivity index (χ4v) is 1.87. The Bertz CT molecular complexity index is 267. The number of aliphatic imine (C=N–C) groups is 1. The zero-order valence-corrected chi connectivity index (χ0v) is 10.1. The van der Waals surface area contributed by atoms with Gasteiger partial charge in [-0.05, 0) is 26.7 Å². The van der Waals surface area contributed by atoms with Gasteiger partial charge in [0.15, 0.2) is 0 Å². The second-order valence-corrected chi connectivity index (χ2v) is 4.49. The van der Waals surface area contributed by atoms with Crippen LogP contribution in [0.3, 0.4) is 0 Å². The van der Waals surface area contributed by atoms with Gasteiger partial charge in [-0.3, -0.25) is 5.43 Å². The van der Waals surface area contributed by atoms with E-state index < -0.39 is 12.1 Å². The zero-order valence-electron chi connectivity index (χ0n) is 10.1. The molecule has 1 saturated heterocycles. The van der Waals surface area contributed by atoms with Crippen LogP contribution in [0.2, 0.25) is 0 Å². The summed E-state index contributed by atoms with van der Waals surface area (Å²) in [6, 6.07) is 0.0568. The minimum absolute atomic E-state index is 0.0568. The highest BCUT2D eigenvalue weighted by Gasteiger charge is 2.41. The summed E-state index contributed by atoms with van der Waals surface area (Å²) >= 11 is 0. The van der Waals surface area contributed by atoms with Crippen LogP contribution in [0.15, 0.2) is 4.99 Å². The van der Waals surface area contributed by atoms with Crippen molar-refractivity contribution in [3.63, 3.8) is 0 Å². The molecule has 1 aliphatic heterocycles. The van der Waals surface area contributed by atoms with E-state index in [1.807, 2.05) is 13.8 Å². The molecule has 0 radical (unpaired) electrons. The van der Waals surface area contributed by atoms with Crippen LogP contribution in [0.1, 0.15) is 26.7 Å². The van der Waals surface area contributed by atoms with E-state index in [0.717, 1.165) is 0 Å². The van der Waals surface area contributed by atoms with Gasteiger partial charge in [0.25, 0.3) is 0 Å². The number of nitrogens with two attached hydrogens (primary N) is 1. The van der Waals surface area contributed by atoms with Crippen LogP contribution < -0.4 is 11.3 Å². The average Bonchev–Trinajstić information content (AvgIpc) is 2.24. The normalized spacial score (nSPS) is 19.9. The fraction of sp³-hybridized carbons (Fsp3) is 0.900. The first-order valence-electron chi connectivity index (χ1n) is 5.70. The molecule has 100 valence electrons. The lowest BCUT2D eigenvalue weighted by atomic mass is 9.96. The maximum absolute atomic E-state index is 12.5. The molecule has 0 aromatic rings. The molecule has 4 nitrogen and oxygen atoms in total. The second-order valence-electron chi connectivity index (χ2n) is 4.49. The number of alkyl halides is 3. The highest BCUT2D eigenvalue weighted by atomic mass is 19.4. The van der Waals surface area contributed by atoms with Crippen molar-refractivity contribution in [3.8, 4) is 0 Å². The van der Waals surface area contributed by atoms with Crippen LogP contribution in [-0.4, -0.2) is 36.2 Å². The Labute approximate surface area is 99.0 Å². The predicted octanol–water partition coefficient (Wildman–Crippen LogP) is 1.49. The Hall–Kier alpha value is -0.980. The molecule has 0 unspecified atom stereocenters. The molecule has 7 heteroatoms. The molecule has 0 aliphatic carbocycles. The second kappa shape index (κ2) is 5.57. The Balaban J connectivity index is 2.56. The molecular weight excluding hydrogens is 233 g/mol. The van der Waals surface area contributed by atoms with Crippen molar-refractivity contribution in [1.29, 1.82) is 0 Å². The summed E-state index contributed by atoms with van der Waals surface area (Å²) in [4.78, 5) is 6.00. The van der Waals surface area contributed by atoms with E-state index in [0.29, 0.717) is 19.0 Å². The van der Waals surface area contributed by atoms with Gasteiger partial charge in [-0.15, -0.1) is 0 Å². The predicted molar refractivity (Wildman–Crippen MR) is 60.2 cm³/mol. The molecular formula is C10H19F3N4.